The van der Waals surface area contributed by atoms with Crippen LogP contribution in [-0.4, -0.2) is 32.6 Å². The first-order valence-corrected chi connectivity index (χ1v) is 3.91. The van der Waals surface area contributed by atoms with Gasteiger partial charge in [0.05, 0.1) is 5.54 Å². The molecular formula is C7H16N2O3. The Labute approximate surface area is 71.7 Å². The van der Waals surface area contributed by atoms with Gasteiger partial charge in [-0.05, 0) is 27.7 Å². The minimum Gasteiger partial charge on any atom is -0.595 e. The molecule has 0 aromatic heterocycles. The molecule has 5 nitrogen and oxygen atoms in total. The fraction of sp³-hybridized carbons (Fsp3) is 1.00. The monoisotopic (exact) mass is 176 g/mol. The molecule has 0 aromatic rings. The van der Waals surface area contributed by atoms with Crippen LogP contribution in [0.2, 0.25) is 0 Å². The largest absolute Gasteiger partial charge is 0.595 e. The van der Waals surface area contributed by atoms with Crippen LogP contribution in [-0.2, 0) is 0 Å². The van der Waals surface area contributed by atoms with Gasteiger partial charge >= 0.3 is 0 Å². The predicted octanol–water partition coefficient (Wildman–Crippen LogP) is 0.126. The van der Waals surface area contributed by atoms with Gasteiger partial charge in [-0.1, -0.05) is 0 Å². The van der Waals surface area contributed by atoms with Gasteiger partial charge in [-0.25, -0.2) is 10.5 Å². The van der Waals surface area contributed by atoms with Gasteiger partial charge < -0.3 is 10.3 Å². The minimum atomic E-state index is -1.65. The average molecular weight is 176 g/mol. The van der Waals surface area contributed by atoms with Crippen molar-refractivity contribution in [2.45, 2.75) is 45.1 Å². The van der Waals surface area contributed by atoms with E-state index in [2.05, 4.69) is 5.32 Å². The lowest BCUT2D eigenvalue weighted by molar-refractivity contribution is -1.12. The number of hydrogen-bond donors (Lipinski definition) is 3. The highest BCUT2D eigenvalue weighted by atomic mass is 16.9. The van der Waals surface area contributed by atoms with Crippen LogP contribution in [0.15, 0.2) is 0 Å². The molecule has 72 valence electrons. The Morgan fingerprint density at radius 1 is 1.33 bits per heavy atom. The molecule has 0 aliphatic carbocycles. The third-order valence-corrected chi connectivity index (χ3v) is 3.15. The summed E-state index contributed by atoms with van der Waals surface area (Å²) >= 11 is 0. The summed E-state index contributed by atoms with van der Waals surface area (Å²) in [6, 6.07) is 0. The summed E-state index contributed by atoms with van der Waals surface area (Å²) in [6.45, 7) is 6.76. The van der Waals surface area contributed by atoms with Crippen molar-refractivity contribution in [1.29, 1.82) is 0 Å². The molecule has 1 rings (SSSR count). The van der Waals surface area contributed by atoms with Crippen molar-refractivity contribution in [3.05, 3.63) is 5.21 Å². The molecule has 1 aliphatic heterocycles. The van der Waals surface area contributed by atoms with E-state index in [1.54, 1.807) is 27.7 Å². The number of nitrogens with one attached hydrogen (secondary N) is 1. The second-order valence-corrected chi connectivity index (χ2v) is 4.32. The van der Waals surface area contributed by atoms with E-state index >= 15 is 0 Å². The number of hydroxylamine groups is 4. The van der Waals surface area contributed by atoms with Gasteiger partial charge in [0.15, 0.2) is 0 Å². The van der Waals surface area contributed by atoms with Crippen LogP contribution >= 0.6 is 0 Å². The van der Waals surface area contributed by atoms with Crippen LogP contribution in [0.5, 0.6) is 0 Å². The Morgan fingerprint density at radius 2 is 1.75 bits per heavy atom. The number of hydrogen-bond acceptors (Lipinski definition) is 4. The molecule has 2 atom stereocenters. The van der Waals surface area contributed by atoms with Crippen molar-refractivity contribution in [3.8, 4) is 0 Å². The van der Waals surface area contributed by atoms with Gasteiger partial charge in [0.2, 0.25) is 0 Å². The third-order valence-electron chi connectivity index (χ3n) is 3.15. The van der Waals surface area contributed by atoms with Crippen molar-refractivity contribution in [2.75, 3.05) is 0 Å². The summed E-state index contributed by atoms with van der Waals surface area (Å²) in [7, 11) is 0. The smallest absolute Gasteiger partial charge is 0.282 e. The Kier molecular flexibility index (Phi) is 1.80. The standard InChI is InChI=1S/C7H16N2O3/c1-6(2)7(3,4)9(11,12)5(10)8-6/h5,8,10-11H,1-4H3. The van der Waals surface area contributed by atoms with Crippen molar-refractivity contribution in [3.63, 3.8) is 0 Å². The van der Waals surface area contributed by atoms with E-state index in [1.807, 2.05) is 0 Å². The summed E-state index contributed by atoms with van der Waals surface area (Å²) in [4.78, 5) is -1.65. The molecule has 0 amide bonds. The fourth-order valence-corrected chi connectivity index (χ4v) is 1.29. The van der Waals surface area contributed by atoms with Gasteiger partial charge in [-0.15, -0.1) is 0 Å². The lowest BCUT2D eigenvalue weighted by Gasteiger charge is -2.45. The number of aliphatic hydroxyl groups excluding tert-OH is 1. The van der Waals surface area contributed by atoms with E-state index in [9.17, 15) is 15.5 Å². The molecule has 0 bridgehead atoms. The van der Waals surface area contributed by atoms with E-state index in [1.165, 1.54) is 0 Å². The van der Waals surface area contributed by atoms with Crippen molar-refractivity contribution >= 4 is 0 Å². The zero-order chi connectivity index (χ0) is 9.78. The summed E-state index contributed by atoms with van der Waals surface area (Å²) in [6.07, 6.45) is -1.46. The molecule has 1 fully saturated rings. The lowest BCUT2D eigenvalue weighted by atomic mass is 9.84. The molecular weight excluding hydrogens is 160 g/mol. The quantitative estimate of drug-likeness (QED) is 0.362. The topological polar surface area (TPSA) is 75.5 Å². The Balaban J connectivity index is 3.10. The normalized spacial score (nSPS) is 44.8. The van der Waals surface area contributed by atoms with Crippen molar-refractivity contribution in [2.24, 2.45) is 0 Å². The Hall–Kier alpha value is -0.200. The first-order valence-electron chi connectivity index (χ1n) is 3.91. The molecule has 12 heavy (non-hydrogen) atoms. The van der Waals surface area contributed by atoms with Gasteiger partial charge in [0, 0.05) is 0 Å². The summed E-state index contributed by atoms with van der Waals surface area (Å²) < 4.78 is 0. The molecule has 0 aromatic carbocycles. The first-order chi connectivity index (χ1) is 5.13. The number of aliphatic hydroxyl groups is 1. The zero-order valence-corrected chi connectivity index (χ0v) is 7.83. The Morgan fingerprint density at radius 3 is 1.83 bits per heavy atom. The first kappa shape index (κ1) is 9.88. The molecule has 0 spiro atoms. The van der Waals surface area contributed by atoms with Gasteiger partial charge in [-0.3, -0.25) is 0 Å². The van der Waals surface area contributed by atoms with E-state index in [4.69, 9.17) is 0 Å². The maximum atomic E-state index is 11.5. The molecule has 1 saturated heterocycles. The van der Waals surface area contributed by atoms with Gasteiger partial charge in [-0.2, -0.15) is 4.81 Å². The summed E-state index contributed by atoms with van der Waals surface area (Å²) in [5.41, 5.74) is -1.56. The lowest BCUT2D eigenvalue weighted by Crippen LogP contribution is -2.60. The predicted molar refractivity (Wildman–Crippen MR) is 42.7 cm³/mol. The van der Waals surface area contributed by atoms with Crippen LogP contribution in [0.4, 0.5) is 0 Å². The van der Waals surface area contributed by atoms with Crippen molar-refractivity contribution in [1.82, 2.24) is 5.32 Å². The molecule has 3 N–H and O–H groups in total. The maximum absolute atomic E-state index is 11.5. The Bertz CT molecular complexity index is 201. The van der Waals surface area contributed by atoms with E-state index in [0.29, 0.717) is 0 Å². The SMILES string of the molecule is CC1(C)NC(O)[N+]([O-])(O)C1(C)C. The molecule has 2 unspecified atom stereocenters. The van der Waals surface area contributed by atoms with Crippen LogP contribution in [0.25, 0.3) is 0 Å². The van der Waals surface area contributed by atoms with Gasteiger partial charge in [0.1, 0.15) is 5.54 Å². The van der Waals surface area contributed by atoms with Crippen LogP contribution < -0.4 is 5.32 Å². The van der Waals surface area contributed by atoms with E-state index in [0.717, 1.165) is 0 Å². The molecule has 0 radical (unpaired) electrons. The molecule has 0 saturated carbocycles. The van der Waals surface area contributed by atoms with E-state index < -0.39 is 22.2 Å². The number of rotatable bonds is 0. The van der Waals surface area contributed by atoms with Gasteiger partial charge in [0.25, 0.3) is 6.35 Å². The maximum Gasteiger partial charge on any atom is 0.282 e. The second-order valence-electron chi connectivity index (χ2n) is 4.32. The summed E-state index contributed by atoms with van der Waals surface area (Å²) in [5, 5.41) is 32.7. The summed E-state index contributed by atoms with van der Waals surface area (Å²) in [5.74, 6) is 0. The van der Waals surface area contributed by atoms with E-state index in [-0.39, 0.29) is 0 Å². The van der Waals surface area contributed by atoms with Crippen molar-refractivity contribution < 1.29 is 15.1 Å². The minimum absolute atomic E-state index is 0.594. The van der Waals surface area contributed by atoms with Crippen LogP contribution in [0.1, 0.15) is 27.7 Å². The highest BCUT2D eigenvalue weighted by molar-refractivity contribution is 4.99. The number of nitrogens with zero attached hydrogens (tertiary/aromatic N) is 1. The highest BCUT2D eigenvalue weighted by Gasteiger charge is 2.60. The van der Waals surface area contributed by atoms with Crippen LogP contribution in [0.3, 0.4) is 0 Å². The number of quaternary nitrogens is 1. The zero-order valence-electron chi connectivity index (χ0n) is 7.83. The highest BCUT2D eigenvalue weighted by Crippen LogP contribution is 2.39. The fourth-order valence-electron chi connectivity index (χ4n) is 1.29. The molecule has 1 heterocycles. The average Bonchev–Trinajstić information content (AvgIpc) is 1.92. The van der Waals surface area contributed by atoms with Crippen LogP contribution in [0, 0.1) is 5.21 Å². The molecule has 1 aliphatic rings. The molecule has 5 heteroatoms. The third kappa shape index (κ3) is 0.915. The second kappa shape index (κ2) is 2.18.